The number of piperazine rings is 1. The Hall–Kier alpha value is -2.90. The molecule has 0 spiro atoms. The van der Waals surface area contributed by atoms with Crippen LogP contribution in [0.15, 0.2) is 54.6 Å². The van der Waals surface area contributed by atoms with Crippen LogP contribution in [0.5, 0.6) is 5.75 Å². The second kappa shape index (κ2) is 10.6. The molecule has 0 aliphatic carbocycles. The summed E-state index contributed by atoms with van der Waals surface area (Å²) in [4.78, 5) is 26.5. The van der Waals surface area contributed by atoms with E-state index in [0.29, 0.717) is 13.1 Å². The van der Waals surface area contributed by atoms with E-state index in [1.54, 1.807) is 7.11 Å². The van der Waals surface area contributed by atoms with Gasteiger partial charge in [0.15, 0.2) is 0 Å². The van der Waals surface area contributed by atoms with Crippen LogP contribution in [0, 0.1) is 0 Å². The van der Waals surface area contributed by atoms with E-state index in [0.717, 1.165) is 36.5 Å². The van der Waals surface area contributed by atoms with Gasteiger partial charge in [0.1, 0.15) is 5.75 Å². The summed E-state index contributed by atoms with van der Waals surface area (Å²) in [6.07, 6.45) is 0.254. The van der Waals surface area contributed by atoms with Crippen molar-refractivity contribution in [1.82, 2.24) is 20.9 Å². The minimum absolute atomic E-state index is 0.125. The molecule has 0 aromatic heterocycles. The molecule has 7 nitrogen and oxygen atoms in total. The largest absolute Gasteiger partial charge is 0.496 e. The van der Waals surface area contributed by atoms with Crippen molar-refractivity contribution in [2.75, 3.05) is 33.3 Å². The van der Waals surface area contributed by atoms with Gasteiger partial charge in [0.05, 0.1) is 13.2 Å². The van der Waals surface area contributed by atoms with Crippen LogP contribution in [0.1, 0.15) is 23.6 Å². The van der Waals surface area contributed by atoms with E-state index in [4.69, 9.17) is 4.74 Å². The van der Waals surface area contributed by atoms with Crippen molar-refractivity contribution < 1.29 is 14.3 Å². The van der Waals surface area contributed by atoms with Crippen molar-refractivity contribution in [1.29, 1.82) is 0 Å². The fourth-order valence-electron chi connectivity index (χ4n) is 3.52. The standard InChI is InChI=1S/C22H28N4O3/c1-29-20-10-6-5-9-18(20)19-16-23-12-14-26(19)13-11-21(27)25-22(28)24-15-17-7-3-2-4-8-17/h2-10,19,23H,11-16H2,1H3,(H2,24,25,27,28). The average molecular weight is 396 g/mol. The quantitative estimate of drug-likeness (QED) is 0.667. The van der Waals surface area contributed by atoms with Gasteiger partial charge in [-0.05, 0) is 11.6 Å². The highest BCUT2D eigenvalue weighted by Gasteiger charge is 2.26. The van der Waals surface area contributed by atoms with Crippen molar-refractivity contribution in [3.63, 3.8) is 0 Å². The van der Waals surface area contributed by atoms with Gasteiger partial charge < -0.3 is 15.4 Å². The number of amides is 3. The van der Waals surface area contributed by atoms with Crippen molar-refractivity contribution >= 4 is 11.9 Å². The van der Waals surface area contributed by atoms with E-state index in [1.807, 2.05) is 48.5 Å². The fourth-order valence-corrected chi connectivity index (χ4v) is 3.52. The molecule has 1 unspecified atom stereocenters. The third kappa shape index (κ3) is 6.04. The van der Waals surface area contributed by atoms with Crippen LogP contribution in [0.25, 0.3) is 0 Å². The van der Waals surface area contributed by atoms with Gasteiger partial charge in [0.2, 0.25) is 5.91 Å². The number of nitrogens with one attached hydrogen (secondary N) is 3. The van der Waals surface area contributed by atoms with E-state index in [2.05, 4.69) is 26.9 Å². The lowest BCUT2D eigenvalue weighted by Gasteiger charge is -2.36. The predicted octanol–water partition coefficient (Wildman–Crippen LogP) is 2.06. The highest BCUT2D eigenvalue weighted by Crippen LogP contribution is 2.30. The van der Waals surface area contributed by atoms with Crippen LogP contribution in [0.2, 0.25) is 0 Å². The molecule has 3 amide bonds. The molecule has 1 aliphatic rings. The van der Waals surface area contributed by atoms with E-state index in [1.165, 1.54) is 0 Å². The van der Waals surface area contributed by atoms with Crippen LogP contribution < -0.4 is 20.7 Å². The molecule has 2 aromatic carbocycles. The molecule has 3 rings (SSSR count). The van der Waals surface area contributed by atoms with Crippen molar-refractivity contribution in [2.24, 2.45) is 0 Å². The van der Waals surface area contributed by atoms with E-state index in [-0.39, 0.29) is 18.4 Å². The molecule has 1 saturated heterocycles. The van der Waals surface area contributed by atoms with Gasteiger partial charge in [-0.2, -0.15) is 0 Å². The number of carbonyl (C=O) groups excluding carboxylic acids is 2. The average Bonchev–Trinajstić information content (AvgIpc) is 2.77. The summed E-state index contributed by atoms with van der Waals surface area (Å²) in [5, 5.41) is 8.52. The number of hydrogen-bond donors (Lipinski definition) is 3. The number of urea groups is 1. The molecule has 2 aromatic rings. The number of para-hydroxylation sites is 1. The summed E-state index contributed by atoms with van der Waals surface area (Å²) in [5.41, 5.74) is 2.08. The maximum atomic E-state index is 12.2. The second-order valence-electron chi connectivity index (χ2n) is 6.96. The Balaban J connectivity index is 1.49. The Labute approximate surface area is 171 Å². The Kier molecular flexibility index (Phi) is 7.61. The minimum Gasteiger partial charge on any atom is -0.496 e. The summed E-state index contributed by atoms with van der Waals surface area (Å²) < 4.78 is 5.50. The topological polar surface area (TPSA) is 82.7 Å². The molecule has 0 saturated carbocycles. The van der Waals surface area contributed by atoms with Gasteiger partial charge in [0, 0.05) is 44.7 Å². The lowest BCUT2D eigenvalue weighted by Crippen LogP contribution is -2.47. The van der Waals surface area contributed by atoms with Crippen molar-refractivity contribution in [2.45, 2.75) is 19.0 Å². The normalized spacial score (nSPS) is 16.8. The Morgan fingerprint density at radius 2 is 1.90 bits per heavy atom. The lowest BCUT2D eigenvalue weighted by molar-refractivity contribution is -0.120. The Morgan fingerprint density at radius 1 is 1.14 bits per heavy atom. The number of methoxy groups -OCH3 is 1. The molecule has 1 atom stereocenters. The van der Waals surface area contributed by atoms with E-state index >= 15 is 0 Å². The maximum absolute atomic E-state index is 12.2. The van der Waals surface area contributed by atoms with E-state index < -0.39 is 6.03 Å². The number of ether oxygens (including phenoxy) is 1. The first-order chi connectivity index (χ1) is 14.2. The summed E-state index contributed by atoms with van der Waals surface area (Å²) in [5.74, 6) is 0.559. The Morgan fingerprint density at radius 3 is 2.69 bits per heavy atom. The lowest BCUT2D eigenvalue weighted by atomic mass is 10.0. The molecule has 1 heterocycles. The third-order valence-corrected chi connectivity index (χ3v) is 5.03. The van der Waals surface area contributed by atoms with Crippen LogP contribution in [-0.4, -0.2) is 50.1 Å². The summed E-state index contributed by atoms with van der Waals surface area (Å²) in [7, 11) is 1.67. The maximum Gasteiger partial charge on any atom is 0.321 e. The molecular formula is C22H28N4O3. The van der Waals surface area contributed by atoms with Gasteiger partial charge in [-0.3, -0.25) is 15.0 Å². The molecule has 7 heteroatoms. The van der Waals surface area contributed by atoms with E-state index in [9.17, 15) is 9.59 Å². The third-order valence-electron chi connectivity index (χ3n) is 5.03. The molecule has 3 N–H and O–H groups in total. The molecule has 1 fully saturated rings. The van der Waals surface area contributed by atoms with Crippen LogP contribution in [-0.2, 0) is 11.3 Å². The SMILES string of the molecule is COc1ccccc1C1CNCCN1CCC(=O)NC(=O)NCc1ccccc1. The molecule has 154 valence electrons. The minimum atomic E-state index is -0.472. The van der Waals surface area contributed by atoms with Crippen LogP contribution in [0.3, 0.4) is 0 Å². The van der Waals surface area contributed by atoms with Crippen LogP contribution in [0.4, 0.5) is 4.79 Å². The number of hydrogen-bond acceptors (Lipinski definition) is 5. The molecule has 1 aliphatic heterocycles. The van der Waals surface area contributed by atoms with Gasteiger partial charge in [-0.25, -0.2) is 4.79 Å². The van der Waals surface area contributed by atoms with Gasteiger partial charge >= 0.3 is 6.03 Å². The molecule has 29 heavy (non-hydrogen) atoms. The van der Waals surface area contributed by atoms with Gasteiger partial charge in [-0.15, -0.1) is 0 Å². The Bertz CT molecular complexity index is 813. The monoisotopic (exact) mass is 396 g/mol. The zero-order valence-corrected chi connectivity index (χ0v) is 16.7. The molecular weight excluding hydrogens is 368 g/mol. The predicted molar refractivity (Wildman–Crippen MR) is 112 cm³/mol. The number of carbonyl (C=O) groups is 2. The number of benzene rings is 2. The zero-order chi connectivity index (χ0) is 20.5. The number of rotatable bonds is 7. The molecule has 0 bridgehead atoms. The van der Waals surface area contributed by atoms with Gasteiger partial charge in [-0.1, -0.05) is 48.5 Å². The zero-order valence-electron chi connectivity index (χ0n) is 16.7. The summed E-state index contributed by atoms with van der Waals surface area (Å²) in [6.45, 7) is 3.44. The summed E-state index contributed by atoms with van der Waals surface area (Å²) >= 11 is 0. The highest BCUT2D eigenvalue weighted by atomic mass is 16.5. The fraction of sp³-hybridized carbons (Fsp3) is 0.364. The van der Waals surface area contributed by atoms with Gasteiger partial charge in [0.25, 0.3) is 0 Å². The smallest absolute Gasteiger partial charge is 0.321 e. The highest BCUT2D eigenvalue weighted by molar-refractivity contribution is 5.94. The first-order valence-corrected chi connectivity index (χ1v) is 9.86. The second-order valence-corrected chi connectivity index (χ2v) is 6.96. The first-order valence-electron chi connectivity index (χ1n) is 9.86. The number of imide groups is 1. The van der Waals surface area contributed by atoms with Crippen molar-refractivity contribution in [3.8, 4) is 5.75 Å². The van der Waals surface area contributed by atoms with Crippen molar-refractivity contribution in [3.05, 3.63) is 65.7 Å². The first kappa shape index (κ1) is 20.8. The molecule has 0 radical (unpaired) electrons. The van der Waals surface area contributed by atoms with Crippen LogP contribution >= 0.6 is 0 Å². The summed E-state index contributed by atoms with van der Waals surface area (Å²) in [6, 6.07) is 17.2. The number of nitrogens with zero attached hydrogens (tertiary/aromatic N) is 1.